The molecular weight excluding hydrogens is 398 g/mol. The van der Waals surface area contributed by atoms with Crippen LogP contribution in [0.4, 0.5) is 5.69 Å². The van der Waals surface area contributed by atoms with Crippen molar-refractivity contribution in [2.75, 3.05) is 12.4 Å². The van der Waals surface area contributed by atoms with Crippen LogP contribution in [0, 0.1) is 13.8 Å². The van der Waals surface area contributed by atoms with Crippen molar-refractivity contribution in [3.8, 4) is 5.75 Å². The summed E-state index contributed by atoms with van der Waals surface area (Å²) in [5.41, 5.74) is 3.15. The monoisotopic (exact) mass is 423 g/mol. The van der Waals surface area contributed by atoms with Gasteiger partial charge in [0.2, 0.25) is 6.10 Å². The van der Waals surface area contributed by atoms with Crippen LogP contribution in [-0.4, -0.2) is 19.0 Å². The molecule has 0 fully saturated rings. The van der Waals surface area contributed by atoms with E-state index < -0.39 is 18.0 Å². The van der Waals surface area contributed by atoms with E-state index in [1.165, 1.54) is 11.3 Å². The first-order chi connectivity index (χ1) is 14.4. The summed E-state index contributed by atoms with van der Waals surface area (Å²) in [7, 11) is 1.54. The van der Waals surface area contributed by atoms with Crippen LogP contribution in [0.3, 0.4) is 0 Å². The second-order valence-electron chi connectivity index (χ2n) is 6.96. The predicted octanol–water partition coefficient (Wildman–Crippen LogP) is 5.47. The van der Waals surface area contributed by atoms with E-state index in [9.17, 15) is 9.59 Å². The van der Waals surface area contributed by atoms with E-state index in [1.807, 2.05) is 45.0 Å². The second kappa shape index (κ2) is 9.59. The van der Waals surface area contributed by atoms with Crippen molar-refractivity contribution in [3.63, 3.8) is 0 Å². The smallest absolute Gasteiger partial charge is 0.349 e. The normalized spacial score (nSPS) is 11.6. The third-order valence-electron chi connectivity index (χ3n) is 4.72. The molecule has 0 radical (unpaired) electrons. The fourth-order valence-electron chi connectivity index (χ4n) is 3.16. The number of amides is 1. The lowest BCUT2D eigenvalue weighted by Gasteiger charge is -2.19. The molecule has 2 aromatic carbocycles. The Hall–Kier alpha value is -3.12. The third-order valence-corrected chi connectivity index (χ3v) is 6.08. The van der Waals surface area contributed by atoms with Crippen LogP contribution in [-0.2, 0) is 16.0 Å². The second-order valence-corrected chi connectivity index (χ2v) is 8.10. The van der Waals surface area contributed by atoms with Gasteiger partial charge >= 0.3 is 5.97 Å². The zero-order chi connectivity index (χ0) is 21.7. The summed E-state index contributed by atoms with van der Waals surface area (Å²) in [6.07, 6.45) is -0.240. The Labute approximate surface area is 180 Å². The predicted molar refractivity (Wildman–Crippen MR) is 119 cm³/mol. The largest absolute Gasteiger partial charge is 0.495 e. The number of carbonyl (C=O) groups is 2. The highest BCUT2D eigenvalue weighted by Gasteiger charge is 2.27. The van der Waals surface area contributed by atoms with Gasteiger partial charge in [-0.3, -0.25) is 4.79 Å². The van der Waals surface area contributed by atoms with Gasteiger partial charge in [0.05, 0.1) is 12.8 Å². The number of hydrogen-bond acceptors (Lipinski definition) is 5. The number of rotatable bonds is 7. The molecular formula is C24H25NO4S. The summed E-state index contributed by atoms with van der Waals surface area (Å²) in [4.78, 5) is 27.6. The van der Waals surface area contributed by atoms with E-state index in [0.29, 0.717) is 21.9 Å². The highest BCUT2D eigenvalue weighted by atomic mass is 32.1. The molecule has 6 heteroatoms. The molecule has 0 saturated heterocycles. The SMILES string of the molecule is CCc1sc(C(=O)O[C@@H](C(=O)Nc2cc(C)ccc2OC)c2ccccc2)cc1C. The number of methoxy groups -OCH3 is 1. The van der Waals surface area contributed by atoms with Crippen molar-refractivity contribution in [2.24, 2.45) is 0 Å². The average Bonchev–Trinajstić information content (AvgIpc) is 3.13. The Morgan fingerprint density at radius 1 is 1.07 bits per heavy atom. The number of thiophene rings is 1. The van der Waals surface area contributed by atoms with Crippen LogP contribution >= 0.6 is 11.3 Å². The van der Waals surface area contributed by atoms with Gasteiger partial charge in [-0.1, -0.05) is 43.3 Å². The maximum atomic E-state index is 13.1. The maximum absolute atomic E-state index is 13.1. The summed E-state index contributed by atoms with van der Waals surface area (Å²) in [6.45, 7) is 5.94. The fraction of sp³-hybridized carbons (Fsp3) is 0.250. The van der Waals surface area contributed by atoms with Gasteiger partial charge in [-0.2, -0.15) is 0 Å². The Morgan fingerprint density at radius 3 is 2.43 bits per heavy atom. The summed E-state index contributed by atoms with van der Waals surface area (Å²) < 4.78 is 11.0. The van der Waals surface area contributed by atoms with Gasteiger partial charge < -0.3 is 14.8 Å². The molecule has 3 rings (SSSR count). The molecule has 1 N–H and O–H groups in total. The molecule has 0 aliphatic rings. The Morgan fingerprint density at radius 2 is 1.80 bits per heavy atom. The topological polar surface area (TPSA) is 64.6 Å². The summed E-state index contributed by atoms with van der Waals surface area (Å²) in [5.74, 6) is -0.418. The zero-order valence-corrected chi connectivity index (χ0v) is 18.3. The van der Waals surface area contributed by atoms with Gasteiger partial charge in [0.25, 0.3) is 5.91 Å². The highest BCUT2D eigenvalue weighted by Crippen LogP contribution is 2.29. The van der Waals surface area contributed by atoms with Crippen LogP contribution in [0.2, 0.25) is 0 Å². The molecule has 1 atom stereocenters. The Balaban J connectivity index is 1.88. The summed E-state index contributed by atoms with van der Waals surface area (Å²) in [5, 5.41) is 2.85. The molecule has 0 unspecified atom stereocenters. The lowest BCUT2D eigenvalue weighted by molar-refractivity contribution is -0.125. The number of ether oxygens (including phenoxy) is 2. The van der Waals surface area contributed by atoms with Crippen LogP contribution < -0.4 is 10.1 Å². The number of benzene rings is 2. The van der Waals surface area contributed by atoms with Crippen molar-refractivity contribution >= 4 is 28.9 Å². The van der Waals surface area contributed by atoms with Crippen molar-refractivity contribution < 1.29 is 19.1 Å². The van der Waals surface area contributed by atoms with Gasteiger partial charge in [-0.15, -0.1) is 11.3 Å². The number of esters is 1. The zero-order valence-electron chi connectivity index (χ0n) is 17.5. The van der Waals surface area contributed by atoms with Crippen LogP contribution in [0.5, 0.6) is 5.75 Å². The number of anilines is 1. The van der Waals surface area contributed by atoms with Gasteiger partial charge in [-0.05, 0) is 49.6 Å². The Kier molecular flexibility index (Phi) is 6.90. The molecule has 156 valence electrons. The first-order valence-electron chi connectivity index (χ1n) is 9.73. The minimum absolute atomic E-state index is 0.442. The number of nitrogens with one attached hydrogen (secondary N) is 1. The van der Waals surface area contributed by atoms with E-state index in [-0.39, 0.29) is 0 Å². The fourth-order valence-corrected chi connectivity index (χ4v) is 4.15. The lowest BCUT2D eigenvalue weighted by Crippen LogP contribution is -2.26. The highest BCUT2D eigenvalue weighted by molar-refractivity contribution is 7.14. The number of carbonyl (C=O) groups excluding carboxylic acids is 2. The standard InChI is InChI=1S/C24H25NO4S/c1-5-20-16(3)14-21(30-20)24(27)29-22(17-9-7-6-8-10-17)23(26)25-18-13-15(2)11-12-19(18)28-4/h6-14,22H,5H2,1-4H3,(H,25,26)/t22-/m1/s1. The third kappa shape index (κ3) is 4.89. The molecule has 1 heterocycles. The van der Waals surface area contributed by atoms with E-state index in [2.05, 4.69) is 5.32 Å². The molecule has 0 aliphatic heterocycles. The van der Waals surface area contributed by atoms with Crippen molar-refractivity contribution in [3.05, 3.63) is 81.0 Å². The number of hydrogen-bond donors (Lipinski definition) is 1. The molecule has 0 spiro atoms. The van der Waals surface area contributed by atoms with E-state index in [4.69, 9.17) is 9.47 Å². The molecule has 0 saturated carbocycles. The quantitative estimate of drug-likeness (QED) is 0.512. The first-order valence-corrected chi connectivity index (χ1v) is 10.5. The van der Waals surface area contributed by atoms with Gasteiger partial charge in [-0.25, -0.2) is 4.79 Å². The number of aryl methyl sites for hydroxylation is 3. The Bertz CT molecular complexity index is 1040. The molecule has 0 bridgehead atoms. The summed E-state index contributed by atoms with van der Waals surface area (Å²) >= 11 is 1.40. The van der Waals surface area contributed by atoms with Crippen molar-refractivity contribution in [1.29, 1.82) is 0 Å². The van der Waals surface area contributed by atoms with Crippen LogP contribution in [0.1, 0.15) is 44.3 Å². The molecule has 3 aromatic rings. The van der Waals surface area contributed by atoms with E-state index in [1.54, 1.807) is 37.4 Å². The molecule has 5 nitrogen and oxygen atoms in total. The lowest BCUT2D eigenvalue weighted by atomic mass is 10.1. The van der Waals surface area contributed by atoms with Gasteiger partial charge in [0, 0.05) is 10.4 Å². The maximum Gasteiger partial charge on any atom is 0.349 e. The average molecular weight is 424 g/mol. The molecule has 0 aliphatic carbocycles. The first kappa shape index (κ1) is 21.6. The van der Waals surface area contributed by atoms with Crippen molar-refractivity contribution in [2.45, 2.75) is 33.3 Å². The van der Waals surface area contributed by atoms with Gasteiger partial charge in [0.1, 0.15) is 10.6 Å². The van der Waals surface area contributed by atoms with Crippen LogP contribution in [0.15, 0.2) is 54.6 Å². The minimum Gasteiger partial charge on any atom is -0.495 e. The van der Waals surface area contributed by atoms with E-state index in [0.717, 1.165) is 22.4 Å². The molecule has 30 heavy (non-hydrogen) atoms. The molecule has 1 amide bonds. The summed E-state index contributed by atoms with van der Waals surface area (Å²) in [6, 6.07) is 16.3. The van der Waals surface area contributed by atoms with Crippen molar-refractivity contribution in [1.82, 2.24) is 0 Å². The molecule has 1 aromatic heterocycles. The van der Waals surface area contributed by atoms with Gasteiger partial charge in [0.15, 0.2) is 0 Å². The van der Waals surface area contributed by atoms with Crippen LogP contribution in [0.25, 0.3) is 0 Å². The van der Waals surface area contributed by atoms with E-state index >= 15 is 0 Å². The minimum atomic E-state index is -1.09.